The molecule has 2 aliphatic rings. The Morgan fingerprint density at radius 3 is 2.60 bits per heavy atom. The smallest absolute Gasteiger partial charge is 0.276 e. The third-order valence-corrected chi connectivity index (χ3v) is 8.46. The molecule has 0 saturated carbocycles. The summed E-state index contributed by atoms with van der Waals surface area (Å²) in [5.74, 6) is 0.204. The lowest BCUT2D eigenvalue weighted by atomic mass is 10.0. The van der Waals surface area contributed by atoms with Gasteiger partial charge in [0.1, 0.15) is 17.8 Å². The summed E-state index contributed by atoms with van der Waals surface area (Å²) in [6.45, 7) is 1.09. The van der Waals surface area contributed by atoms with Gasteiger partial charge in [0.05, 0.1) is 34.7 Å². The maximum atomic E-state index is 13.8. The summed E-state index contributed by atoms with van der Waals surface area (Å²) in [4.78, 5) is 37.9. The van der Waals surface area contributed by atoms with Gasteiger partial charge in [-0.2, -0.15) is 5.10 Å². The monoisotopic (exact) mass is 585 g/mol. The molecule has 1 aromatic carbocycles. The molecule has 12 nitrogen and oxygen atoms in total. The van der Waals surface area contributed by atoms with Gasteiger partial charge in [0.15, 0.2) is 17.2 Å². The van der Waals surface area contributed by atoms with Gasteiger partial charge in [-0.05, 0) is 49.2 Å². The van der Waals surface area contributed by atoms with Crippen LogP contribution in [0.25, 0.3) is 28.3 Å². The third kappa shape index (κ3) is 4.68. The number of anilines is 1. The average molecular weight is 586 g/mol. The van der Waals surface area contributed by atoms with E-state index in [0.717, 1.165) is 11.3 Å². The topological polar surface area (TPSA) is 141 Å². The molecule has 42 heavy (non-hydrogen) atoms. The Bertz CT molecular complexity index is 1820. The first-order chi connectivity index (χ1) is 20.4. The van der Waals surface area contributed by atoms with Gasteiger partial charge in [-0.25, -0.2) is 18.9 Å². The Hall–Kier alpha value is -4.98. The second-order valence-electron chi connectivity index (χ2n) is 9.99. The van der Waals surface area contributed by atoms with Crippen LogP contribution in [0.4, 0.5) is 10.2 Å². The van der Waals surface area contributed by atoms with E-state index in [-0.39, 0.29) is 17.8 Å². The van der Waals surface area contributed by atoms with E-state index in [0.29, 0.717) is 65.3 Å². The van der Waals surface area contributed by atoms with Crippen LogP contribution >= 0.6 is 11.8 Å². The van der Waals surface area contributed by atoms with Gasteiger partial charge in [-0.1, -0.05) is 16.9 Å². The molecule has 0 bridgehead atoms. The van der Waals surface area contributed by atoms with Crippen molar-refractivity contribution in [2.24, 2.45) is 5.73 Å². The van der Waals surface area contributed by atoms with E-state index >= 15 is 0 Å². The van der Waals surface area contributed by atoms with Gasteiger partial charge in [0.25, 0.3) is 11.8 Å². The zero-order chi connectivity index (χ0) is 28.8. The predicted octanol–water partition coefficient (Wildman–Crippen LogP) is 3.70. The highest BCUT2D eigenvalue weighted by Crippen LogP contribution is 2.36. The van der Waals surface area contributed by atoms with Crippen molar-refractivity contribution >= 4 is 35.0 Å². The number of hydrogen-bond acceptors (Lipinski definition) is 9. The first-order valence-corrected chi connectivity index (χ1v) is 14.2. The largest absolute Gasteiger partial charge is 0.365 e. The summed E-state index contributed by atoms with van der Waals surface area (Å²) in [5.41, 5.74) is 9.24. The van der Waals surface area contributed by atoms with Crippen LogP contribution in [0.2, 0.25) is 0 Å². The zero-order valence-corrected chi connectivity index (χ0v) is 22.9. The van der Waals surface area contributed by atoms with Gasteiger partial charge in [-0.15, -0.1) is 0 Å². The number of imidazole rings is 2. The van der Waals surface area contributed by atoms with Crippen LogP contribution in [-0.4, -0.2) is 65.0 Å². The molecule has 2 aliphatic heterocycles. The van der Waals surface area contributed by atoms with Gasteiger partial charge in [-0.3, -0.25) is 9.59 Å². The summed E-state index contributed by atoms with van der Waals surface area (Å²) >= 11 is 1.36. The van der Waals surface area contributed by atoms with Crippen LogP contribution < -0.4 is 10.6 Å². The minimum Gasteiger partial charge on any atom is -0.365 e. The van der Waals surface area contributed by atoms with E-state index in [1.807, 2.05) is 17.0 Å². The number of carbonyl (C=O) groups is 2. The first-order valence-electron chi connectivity index (χ1n) is 13.2. The number of thioether (sulfide) groups is 1. The van der Waals surface area contributed by atoms with Crippen molar-refractivity contribution in [2.45, 2.75) is 18.9 Å². The van der Waals surface area contributed by atoms with E-state index in [1.54, 1.807) is 46.3 Å². The molecule has 2 N–H and O–H groups in total. The van der Waals surface area contributed by atoms with E-state index < -0.39 is 5.91 Å². The molecule has 1 fully saturated rings. The molecular weight excluding hydrogens is 561 g/mol. The Kier molecular flexibility index (Phi) is 6.46. The minimum absolute atomic E-state index is 0.0536. The molecule has 0 unspecified atom stereocenters. The normalized spacial score (nSPS) is 15.9. The summed E-state index contributed by atoms with van der Waals surface area (Å²) in [5, 5.41) is 8.67. The fourth-order valence-corrected chi connectivity index (χ4v) is 6.13. The van der Waals surface area contributed by atoms with Crippen molar-refractivity contribution in [3.63, 3.8) is 0 Å². The van der Waals surface area contributed by atoms with E-state index in [4.69, 9.17) is 20.3 Å². The second kappa shape index (κ2) is 10.4. The van der Waals surface area contributed by atoms with Crippen LogP contribution in [0.3, 0.4) is 0 Å². The lowest BCUT2D eigenvalue weighted by molar-refractivity contribution is -0.113. The fourth-order valence-electron chi connectivity index (χ4n) is 5.30. The van der Waals surface area contributed by atoms with Crippen molar-refractivity contribution < 1.29 is 18.5 Å². The highest BCUT2D eigenvalue weighted by atomic mass is 32.2. The third-order valence-electron chi connectivity index (χ3n) is 7.43. The number of amides is 2. The number of hydrogen-bond donors (Lipinski definition) is 1. The van der Waals surface area contributed by atoms with Crippen LogP contribution in [0, 0.1) is 5.82 Å². The molecule has 7 rings (SSSR count). The number of nitrogens with zero attached hydrogens (tertiary/aromatic N) is 8. The lowest BCUT2D eigenvalue weighted by Crippen LogP contribution is -2.39. The second-order valence-corrected chi connectivity index (χ2v) is 11.0. The molecule has 14 heteroatoms. The molecule has 6 heterocycles. The van der Waals surface area contributed by atoms with Crippen LogP contribution in [0.1, 0.15) is 29.4 Å². The van der Waals surface area contributed by atoms with Gasteiger partial charge in [0, 0.05) is 37.0 Å². The standard InChI is InChI=1S/C28H24FN9O3S/c29-18-3-1-17(2-4-18)25-26(37(15-31-25)19-7-10-35(11-8-19)28(40)21-9-12-41-34-21)20-5-6-23-32-24(14-38(23)33-20)36-13-22(27(30)39)42-16-36/h1-6,9,12-15,19H,7-8,10-11,16H2,(H2,30,39). The summed E-state index contributed by atoms with van der Waals surface area (Å²) in [6, 6.07) is 11.6. The Morgan fingerprint density at radius 2 is 1.88 bits per heavy atom. The van der Waals surface area contributed by atoms with Crippen molar-refractivity contribution in [1.82, 2.24) is 34.2 Å². The average Bonchev–Trinajstić information content (AvgIpc) is 3.82. The molecule has 0 aliphatic carbocycles. The van der Waals surface area contributed by atoms with Crippen LogP contribution in [-0.2, 0) is 4.79 Å². The molecule has 212 valence electrons. The first kappa shape index (κ1) is 26.0. The molecule has 4 aromatic heterocycles. The molecule has 0 radical (unpaired) electrons. The Labute approximate surface area is 242 Å². The zero-order valence-electron chi connectivity index (χ0n) is 22.1. The van der Waals surface area contributed by atoms with Crippen molar-refractivity contribution in [1.29, 1.82) is 0 Å². The number of aromatic nitrogens is 6. The molecule has 0 atom stereocenters. The highest BCUT2D eigenvalue weighted by Gasteiger charge is 2.29. The number of halogens is 1. The Balaban J connectivity index is 1.23. The maximum Gasteiger partial charge on any atom is 0.276 e. The fraction of sp³-hybridized carbons (Fsp3) is 0.214. The molecule has 0 spiro atoms. The molecule has 1 saturated heterocycles. The number of fused-ring (bicyclic) bond motifs is 1. The van der Waals surface area contributed by atoms with Gasteiger partial charge < -0.3 is 24.6 Å². The SMILES string of the molecule is NC(=O)C1=CN(c2cn3nc(-c4c(-c5ccc(F)cc5)ncn4C4CCN(C(=O)c5ccon5)CC4)ccc3n2)CS1. The van der Waals surface area contributed by atoms with E-state index in [2.05, 4.69) is 14.7 Å². The number of carbonyl (C=O) groups excluding carboxylic acids is 2. The number of likely N-dealkylation sites (tertiary alicyclic amines) is 1. The van der Waals surface area contributed by atoms with Gasteiger partial charge >= 0.3 is 0 Å². The van der Waals surface area contributed by atoms with Crippen molar-refractivity contribution in [3.05, 3.63) is 83.9 Å². The maximum absolute atomic E-state index is 13.8. The van der Waals surface area contributed by atoms with Crippen LogP contribution in [0.5, 0.6) is 0 Å². The summed E-state index contributed by atoms with van der Waals surface area (Å²) in [7, 11) is 0. The number of piperidine rings is 1. The highest BCUT2D eigenvalue weighted by molar-refractivity contribution is 8.04. The van der Waals surface area contributed by atoms with E-state index in [9.17, 15) is 14.0 Å². The quantitative estimate of drug-likeness (QED) is 0.316. The Morgan fingerprint density at radius 1 is 1.07 bits per heavy atom. The summed E-state index contributed by atoms with van der Waals surface area (Å²) < 4.78 is 22.4. The number of benzene rings is 1. The number of rotatable bonds is 6. The lowest BCUT2D eigenvalue weighted by Gasteiger charge is -2.33. The number of primary amides is 1. The molecule has 2 amide bonds. The predicted molar refractivity (Wildman–Crippen MR) is 152 cm³/mol. The minimum atomic E-state index is -0.471. The molecular formula is C28H24FN9O3S. The van der Waals surface area contributed by atoms with Crippen molar-refractivity contribution in [2.75, 3.05) is 23.9 Å². The number of nitrogens with two attached hydrogens (primary N) is 1. The van der Waals surface area contributed by atoms with Crippen LogP contribution in [0.15, 0.2) is 76.9 Å². The van der Waals surface area contributed by atoms with Crippen molar-refractivity contribution in [3.8, 4) is 22.6 Å². The molecule has 5 aromatic rings. The summed E-state index contributed by atoms with van der Waals surface area (Å²) in [6.07, 6.45) is 8.07. The van der Waals surface area contributed by atoms with E-state index in [1.165, 1.54) is 30.2 Å². The van der Waals surface area contributed by atoms with Gasteiger partial charge in [0.2, 0.25) is 0 Å².